The van der Waals surface area contributed by atoms with Crippen LogP contribution in [0.5, 0.6) is 0 Å². The summed E-state index contributed by atoms with van der Waals surface area (Å²) in [5.74, 6) is 0.962. The summed E-state index contributed by atoms with van der Waals surface area (Å²) in [5, 5.41) is 3.59. The van der Waals surface area contributed by atoms with Gasteiger partial charge in [-0.1, -0.05) is 0 Å². The lowest BCUT2D eigenvalue weighted by Crippen LogP contribution is -2.37. The fourth-order valence-corrected chi connectivity index (χ4v) is 2.05. The molecule has 76 valence electrons. The molecule has 0 aromatic heterocycles. The summed E-state index contributed by atoms with van der Waals surface area (Å²) in [6.07, 6.45) is 7.22. The second-order valence-electron chi connectivity index (χ2n) is 4.52. The summed E-state index contributed by atoms with van der Waals surface area (Å²) in [6.45, 7) is 4.35. The van der Waals surface area contributed by atoms with Crippen molar-refractivity contribution in [3.63, 3.8) is 0 Å². The Kier molecular flexibility index (Phi) is 3.23. The van der Waals surface area contributed by atoms with Gasteiger partial charge in [0.15, 0.2) is 0 Å². The molecule has 0 bridgehead atoms. The van der Waals surface area contributed by atoms with E-state index >= 15 is 0 Å². The first kappa shape index (κ1) is 9.47. The van der Waals surface area contributed by atoms with Crippen molar-refractivity contribution in [2.24, 2.45) is 5.92 Å². The molecule has 1 heterocycles. The summed E-state index contributed by atoms with van der Waals surface area (Å²) >= 11 is 0. The Bertz CT molecular complexity index is 150. The fourth-order valence-electron chi connectivity index (χ4n) is 2.05. The van der Waals surface area contributed by atoms with Gasteiger partial charge in [-0.15, -0.1) is 0 Å². The van der Waals surface area contributed by atoms with Crippen LogP contribution in [0.25, 0.3) is 0 Å². The molecule has 2 rings (SSSR count). The fraction of sp³-hybridized carbons (Fsp3) is 1.00. The van der Waals surface area contributed by atoms with E-state index in [1.165, 1.54) is 32.1 Å². The molecule has 13 heavy (non-hydrogen) atoms. The quantitative estimate of drug-likeness (QED) is 0.719. The van der Waals surface area contributed by atoms with Crippen molar-refractivity contribution in [3.05, 3.63) is 0 Å². The summed E-state index contributed by atoms with van der Waals surface area (Å²) in [5.41, 5.74) is 0. The SMILES string of the molecule is CC(NCC1CCCCO1)C1CC1. The molecular weight excluding hydrogens is 162 g/mol. The third kappa shape index (κ3) is 2.96. The minimum Gasteiger partial charge on any atom is -0.377 e. The van der Waals surface area contributed by atoms with Gasteiger partial charge in [-0.05, 0) is 44.9 Å². The third-order valence-electron chi connectivity index (χ3n) is 3.27. The lowest BCUT2D eigenvalue weighted by Gasteiger charge is -2.24. The molecule has 0 radical (unpaired) electrons. The molecule has 0 aromatic rings. The Labute approximate surface area is 81.0 Å². The van der Waals surface area contributed by atoms with Gasteiger partial charge in [-0.3, -0.25) is 0 Å². The molecule has 0 aromatic carbocycles. The molecular formula is C11H21NO. The minimum absolute atomic E-state index is 0.495. The van der Waals surface area contributed by atoms with Gasteiger partial charge in [-0.25, -0.2) is 0 Å². The maximum Gasteiger partial charge on any atom is 0.0699 e. The Balaban J connectivity index is 1.60. The summed E-state index contributed by atoms with van der Waals surface area (Å²) < 4.78 is 5.67. The van der Waals surface area contributed by atoms with Crippen LogP contribution in [-0.2, 0) is 4.74 Å². The van der Waals surface area contributed by atoms with Gasteiger partial charge in [0.1, 0.15) is 0 Å². The van der Waals surface area contributed by atoms with Gasteiger partial charge in [0.05, 0.1) is 6.10 Å². The largest absolute Gasteiger partial charge is 0.377 e. The number of rotatable bonds is 4. The van der Waals surface area contributed by atoms with Crippen LogP contribution in [0.4, 0.5) is 0 Å². The minimum atomic E-state index is 0.495. The first-order valence-electron chi connectivity index (χ1n) is 5.71. The van der Waals surface area contributed by atoms with E-state index < -0.39 is 0 Å². The summed E-state index contributed by atoms with van der Waals surface area (Å²) in [4.78, 5) is 0. The third-order valence-corrected chi connectivity index (χ3v) is 3.27. The monoisotopic (exact) mass is 183 g/mol. The van der Waals surface area contributed by atoms with Crippen LogP contribution >= 0.6 is 0 Å². The second-order valence-corrected chi connectivity index (χ2v) is 4.52. The van der Waals surface area contributed by atoms with E-state index in [1.807, 2.05) is 0 Å². The van der Waals surface area contributed by atoms with Crippen LogP contribution in [0.2, 0.25) is 0 Å². The smallest absolute Gasteiger partial charge is 0.0699 e. The molecule has 2 nitrogen and oxygen atoms in total. The van der Waals surface area contributed by atoms with Gasteiger partial charge >= 0.3 is 0 Å². The zero-order chi connectivity index (χ0) is 9.10. The van der Waals surface area contributed by atoms with Crippen molar-refractivity contribution in [1.82, 2.24) is 5.32 Å². The van der Waals surface area contributed by atoms with Crippen LogP contribution < -0.4 is 5.32 Å². The Morgan fingerprint density at radius 1 is 1.31 bits per heavy atom. The zero-order valence-electron chi connectivity index (χ0n) is 8.59. The second kappa shape index (κ2) is 4.43. The molecule has 1 saturated carbocycles. The summed E-state index contributed by atoms with van der Waals surface area (Å²) in [7, 11) is 0. The van der Waals surface area contributed by atoms with Crippen molar-refractivity contribution in [2.75, 3.05) is 13.2 Å². The molecule has 0 spiro atoms. The van der Waals surface area contributed by atoms with E-state index in [1.54, 1.807) is 0 Å². The topological polar surface area (TPSA) is 21.3 Å². The van der Waals surface area contributed by atoms with E-state index in [0.717, 1.165) is 19.1 Å². The highest BCUT2D eigenvalue weighted by molar-refractivity contribution is 4.84. The van der Waals surface area contributed by atoms with Crippen molar-refractivity contribution in [3.8, 4) is 0 Å². The van der Waals surface area contributed by atoms with Crippen LogP contribution in [0.15, 0.2) is 0 Å². The zero-order valence-corrected chi connectivity index (χ0v) is 8.59. The van der Waals surface area contributed by atoms with Gasteiger partial charge in [0.2, 0.25) is 0 Å². The Morgan fingerprint density at radius 2 is 2.15 bits per heavy atom. The van der Waals surface area contributed by atoms with Crippen LogP contribution in [0.1, 0.15) is 39.0 Å². The molecule has 1 saturated heterocycles. The molecule has 2 aliphatic rings. The maximum absolute atomic E-state index is 5.67. The highest BCUT2D eigenvalue weighted by Crippen LogP contribution is 2.32. The Hall–Kier alpha value is -0.0800. The van der Waals surface area contributed by atoms with E-state index in [2.05, 4.69) is 12.2 Å². The molecule has 2 fully saturated rings. The standard InChI is InChI=1S/C11H21NO/c1-9(10-5-6-10)12-8-11-4-2-3-7-13-11/h9-12H,2-8H2,1H3. The maximum atomic E-state index is 5.67. The number of hydrogen-bond acceptors (Lipinski definition) is 2. The van der Waals surface area contributed by atoms with E-state index in [4.69, 9.17) is 4.74 Å². The van der Waals surface area contributed by atoms with E-state index in [9.17, 15) is 0 Å². The average Bonchev–Trinajstić information content (AvgIpc) is 2.99. The number of ether oxygens (including phenoxy) is 1. The predicted molar refractivity (Wildman–Crippen MR) is 53.8 cm³/mol. The highest BCUT2D eigenvalue weighted by Gasteiger charge is 2.28. The van der Waals surface area contributed by atoms with Crippen molar-refractivity contribution < 1.29 is 4.74 Å². The van der Waals surface area contributed by atoms with Crippen LogP contribution in [0, 0.1) is 5.92 Å². The lowest BCUT2D eigenvalue weighted by atomic mass is 10.1. The first-order valence-corrected chi connectivity index (χ1v) is 5.71. The number of nitrogens with one attached hydrogen (secondary N) is 1. The van der Waals surface area contributed by atoms with Gasteiger partial charge < -0.3 is 10.1 Å². The lowest BCUT2D eigenvalue weighted by molar-refractivity contribution is 0.0153. The van der Waals surface area contributed by atoms with Crippen molar-refractivity contribution in [2.45, 2.75) is 51.2 Å². The normalized spacial score (nSPS) is 31.6. The molecule has 2 heteroatoms. The van der Waals surface area contributed by atoms with Crippen molar-refractivity contribution in [1.29, 1.82) is 0 Å². The summed E-state index contributed by atoms with van der Waals surface area (Å²) in [6, 6.07) is 0.713. The van der Waals surface area contributed by atoms with Crippen LogP contribution in [-0.4, -0.2) is 25.3 Å². The van der Waals surface area contributed by atoms with Gasteiger partial charge in [0.25, 0.3) is 0 Å². The van der Waals surface area contributed by atoms with Crippen molar-refractivity contribution >= 4 is 0 Å². The molecule has 2 unspecified atom stereocenters. The van der Waals surface area contributed by atoms with Gasteiger partial charge in [-0.2, -0.15) is 0 Å². The number of hydrogen-bond donors (Lipinski definition) is 1. The molecule has 2 atom stereocenters. The van der Waals surface area contributed by atoms with E-state index in [-0.39, 0.29) is 0 Å². The molecule has 0 amide bonds. The Morgan fingerprint density at radius 3 is 2.77 bits per heavy atom. The van der Waals surface area contributed by atoms with E-state index in [0.29, 0.717) is 12.1 Å². The first-order chi connectivity index (χ1) is 6.36. The predicted octanol–water partition coefficient (Wildman–Crippen LogP) is 1.94. The molecule has 1 aliphatic heterocycles. The average molecular weight is 183 g/mol. The molecule has 1 N–H and O–H groups in total. The molecule has 1 aliphatic carbocycles. The van der Waals surface area contributed by atoms with Crippen LogP contribution in [0.3, 0.4) is 0 Å². The highest BCUT2D eigenvalue weighted by atomic mass is 16.5. The van der Waals surface area contributed by atoms with Gasteiger partial charge in [0, 0.05) is 19.2 Å².